The van der Waals surface area contributed by atoms with Crippen LogP contribution in [-0.4, -0.2) is 37.0 Å². The third-order valence-corrected chi connectivity index (χ3v) is 3.24. The Hall–Kier alpha value is -3.42. The van der Waals surface area contributed by atoms with Crippen molar-refractivity contribution in [2.24, 2.45) is 7.05 Å². The number of nitrogens with zero attached hydrogens (tertiary/aromatic N) is 3. The zero-order valence-electron chi connectivity index (χ0n) is 12.1. The molecule has 0 unspecified atom stereocenters. The van der Waals surface area contributed by atoms with E-state index in [4.69, 9.17) is 5.11 Å². The maximum atomic E-state index is 12.3. The zero-order valence-corrected chi connectivity index (χ0v) is 12.1. The number of aryl methyl sites for hydroxylation is 1. The summed E-state index contributed by atoms with van der Waals surface area (Å²) in [6.45, 7) is 0. The van der Waals surface area contributed by atoms with E-state index in [2.05, 4.69) is 20.6 Å². The number of aromatic amines is 1. The van der Waals surface area contributed by atoms with Gasteiger partial charge in [0.15, 0.2) is 5.69 Å². The third kappa shape index (κ3) is 2.82. The van der Waals surface area contributed by atoms with E-state index < -0.39 is 11.9 Å². The van der Waals surface area contributed by atoms with E-state index in [0.717, 1.165) is 5.56 Å². The number of rotatable bonds is 4. The lowest BCUT2D eigenvalue weighted by Crippen LogP contribution is -2.17. The molecule has 0 fully saturated rings. The van der Waals surface area contributed by atoms with Gasteiger partial charge in [0.05, 0.1) is 6.20 Å². The Balaban J connectivity index is 1.91. The Labute approximate surface area is 130 Å². The summed E-state index contributed by atoms with van der Waals surface area (Å²) >= 11 is 0. The van der Waals surface area contributed by atoms with Crippen molar-refractivity contribution in [2.45, 2.75) is 0 Å². The highest BCUT2D eigenvalue weighted by Crippen LogP contribution is 2.25. The Bertz CT molecular complexity index is 866. The van der Waals surface area contributed by atoms with E-state index in [-0.39, 0.29) is 11.3 Å². The fraction of sp³-hybridized carbons (Fsp3) is 0.0667. The number of nitrogens with one attached hydrogen (secondary N) is 2. The summed E-state index contributed by atoms with van der Waals surface area (Å²) in [5, 5.41) is 22.3. The molecule has 3 rings (SSSR count). The minimum absolute atomic E-state index is 0.159. The molecular weight excluding hydrogens is 298 g/mol. The number of carbonyl (C=O) groups excluding carboxylic acids is 1. The second-order valence-electron chi connectivity index (χ2n) is 4.85. The molecule has 3 aromatic rings. The second kappa shape index (κ2) is 5.76. The van der Waals surface area contributed by atoms with Crippen LogP contribution >= 0.6 is 0 Å². The van der Waals surface area contributed by atoms with Crippen LogP contribution in [0.25, 0.3) is 11.1 Å². The summed E-state index contributed by atoms with van der Waals surface area (Å²) < 4.78 is 1.28. The molecule has 0 radical (unpaired) electrons. The number of aromatic nitrogens is 4. The SMILES string of the molecule is Cn1cc(C(=O)O)c(C(=O)Nc2[nH]ncc2-c2ccccc2)n1. The minimum atomic E-state index is -1.21. The number of anilines is 1. The smallest absolute Gasteiger partial charge is 0.339 e. The normalized spacial score (nSPS) is 10.5. The summed E-state index contributed by atoms with van der Waals surface area (Å²) in [5.74, 6) is -1.45. The fourth-order valence-corrected chi connectivity index (χ4v) is 2.20. The largest absolute Gasteiger partial charge is 0.478 e. The second-order valence-corrected chi connectivity index (χ2v) is 4.85. The van der Waals surface area contributed by atoms with Crippen LogP contribution in [0.5, 0.6) is 0 Å². The van der Waals surface area contributed by atoms with Gasteiger partial charge in [-0.25, -0.2) is 4.79 Å². The number of hydrogen-bond acceptors (Lipinski definition) is 4. The van der Waals surface area contributed by atoms with Gasteiger partial charge in [0, 0.05) is 18.8 Å². The van der Waals surface area contributed by atoms with Crippen molar-refractivity contribution in [2.75, 3.05) is 5.32 Å². The fourth-order valence-electron chi connectivity index (χ4n) is 2.20. The highest BCUT2D eigenvalue weighted by molar-refractivity contribution is 6.10. The van der Waals surface area contributed by atoms with Crippen LogP contribution in [0.3, 0.4) is 0 Å². The molecule has 0 saturated heterocycles. The highest BCUT2D eigenvalue weighted by Gasteiger charge is 2.22. The van der Waals surface area contributed by atoms with Crippen LogP contribution in [0.4, 0.5) is 5.82 Å². The van der Waals surface area contributed by atoms with Crippen LogP contribution in [0.15, 0.2) is 42.7 Å². The van der Waals surface area contributed by atoms with Crippen molar-refractivity contribution < 1.29 is 14.7 Å². The van der Waals surface area contributed by atoms with Crippen molar-refractivity contribution >= 4 is 17.7 Å². The number of amides is 1. The van der Waals surface area contributed by atoms with Crippen LogP contribution in [0.1, 0.15) is 20.8 Å². The van der Waals surface area contributed by atoms with Gasteiger partial charge in [0.2, 0.25) is 0 Å². The third-order valence-electron chi connectivity index (χ3n) is 3.24. The van der Waals surface area contributed by atoms with Crippen molar-refractivity contribution in [1.29, 1.82) is 0 Å². The van der Waals surface area contributed by atoms with Crippen LogP contribution < -0.4 is 5.32 Å². The molecule has 0 spiro atoms. The standard InChI is InChI=1S/C15H13N5O3/c1-20-8-11(15(22)23)12(19-20)14(21)17-13-10(7-16-18-13)9-5-3-2-4-6-9/h2-8H,1H3,(H,22,23)(H2,16,17,18,21). The molecule has 116 valence electrons. The average Bonchev–Trinajstić information content (AvgIpc) is 3.14. The molecule has 2 heterocycles. The Morgan fingerprint density at radius 2 is 2.00 bits per heavy atom. The molecule has 2 aromatic heterocycles. The maximum Gasteiger partial charge on any atom is 0.339 e. The molecule has 8 heteroatoms. The molecule has 0 aliphatic carbocycles. The van der Waals surface area contributed by atoms with Crippen LogP contribution in [0.2, 0.25) is 0 Å². The molecule has 8 nitrogen and oxygen atoms in total. The van der Waals surface area contributed by atoms with Gasteiger partial charge in [-0.15, -0.1) is 0 Å². The number of carboxylic acid groups (broad SMARTS) is 1. The van der Waals surface area contributed by atoms with Gasteiger partial charge >= 0.3 is 5.97 Å². The van der Waals surface area contributed by atoms with E-state index in [1.807, 2.05) is 30.3 Å². The van der Waals surface area contributed by atoms with Gasteiger partial charge in [-0.3, -0.25) is 14.6 Å². The molecule has 0 aliphatic rings. The van der Waals surface area contributed by atoms with Gasteiger partial charge in [-0.2, -0.15) is 10.2 Å². The Morgan fingerprint density at radius 1 is 1.26 bits per heavy atom. The Kier molecular flexibility index (Phi) is 3.63. The van der Waals surface area contributed by atoms with E-state index in [9.17, 15) is 9.59 Å². The van der Waals surface area contributed by atoms with Crippen molar-refractivity contribution in [1.82, 2.24) is 20.0 Å². The summed E-state index contributed by atoms with van der Waals surface area (Å²) in [7, 11) is 1.55. The molecule has 0 atom stereocenters. The number of hydrogen-bond donors (Lipinski definition) is 3. The lowest BCUT2D eigenvalue weighted by atomic mass is 10.1. The number of aromatic carboxylic acids is 1. The van der Waals surface area contributed by atoms with Gasteiger partial charge in [-0.1, -0.05) is 30.3 Å². The number of benzene rings is 1. The summed E-state index contributed by atoms with van der Waals surface area (Å²) in [6.07, 6.45) is 2.86. The summed E-state index contributed by atoms with van der Waals surface area (Å²) in [4.78, 5) is 23.5. The molecule has 1 aromatic carbocycles. The lowest BCUT2D eigenvalue weighted by Gasteiger charge is -2.05. The monoisotopic (exact) mass is 311 g/mol. The van der Waals surface area contributed by atoms with Crippen molar-refractivity contribution in [3.63, 3.8) is 0 Å². The van der Waals surface area contributed by atoms with E-state index >= 15 is 0 Å². The number of carbonyl (C=O) groups is 2. The Morgan fingerprint density at radius 3 is 2.70 bits per heavy atom. The van der Waals surface area contributed by atoms with Gasteiger partial charge < -0.3 is 10.4 Å². The van der Waals surface area contributed by atoms with E-state index in [1.54, 1.807) is 13.2 Å². The average molecular weight is 311 g/mol. The first-order valence-electron chi connectivity index (χ1n) is 6.73. The predicted octanol–water partition coefficient (Wildman–Crippen LogP) is 1.76. The highest BCUT2D eigenvalue weighted by atomic mass is 16.4. The van der Waals surface area contributed by atoms with Crippen LogP contribution in [0, 0.1) is 0 Å². The molecule has 0 aliphatic heterocycles. The molecule has 3 N–H and O–H groups in total. The first kappa shape index (κ1) is 14.5. The topological polar surface area (TPSA) is 113 Å². The predicted molar refractivity (Wildman–Crippen MR) is 82.1 cm³/mol. The quantitative estimate of drug-likeness (QED) is 0.679. The zero-order chi connectivity index (χ0) is 16.4. The maximum absolute atomic E-state index is 12.3. The number of carboxylic acids is 1. The van der Waals surface area contributed by atoms with Crippen molar-refractivity contribution in [3.05, 3.63) is 54.0 Å². The van der Waals surface area contributed by atoms with Crippen LogP contribution in [-0.2, 0) is 7.05 Å². The molecule has 0 bridgehead atoms. The molecule has 0 saturated carbocycles. The summed E-state index contributed by atoms with van der Waals surface area (Å²) in [6, 6.07) is 9.38. The van der Waals surface area contributed by atoms with E-state index in [1.165, 1.54) is 10.9 Å². The van der Waals surface area contributed by atoms with Gasteiger partial charge in [0.1, 0.15) is 11.4 Å². The van der Waals surface area contributed by atoms with Gasteiger partial charge in [0.25, 0.3) is 5.91 Å². The minimum Gasteiger partial charge on any atom is -0.478 e. The lowest BCUT2D eigenvalue weighted by molar-refractivity contribution is 0.0692. The molecule has 23 heavy (non-hydrogen) atoms. The molecular formula is C15H13N5O3. The number of H-pyrrole nitrogens is 1. The van der Waals surface area contributed by atoms with Gasteiger partial charge in [-0.05, 0) is 5.56 Å². The summed E-state index contributed by atoms with van der Waals surface area (Å²) in [5.41, 5.74) is 1.25. The van der Waals surface area contributed by atoms with Crippen molar-refractivity contribution in [3.8, 4) is 11.1 Å². The first-order valence-corrected chi connectivity index (χ1v) is 6.73. The first-order chi connectivity index (χ1) is 11.1. The molecule has 1 amide bonds. The van der Waals surface area contributed by atoms with E-state index in [0.29, 0.717) is 11.4 Å².